The average Bonchev–Trinajstić information content (AvgIpc) is 3.38. The second kappa shape index (κ2) is 11.3. The van der Waals surface area contributed by atoms with Gasteiger partial charge in [-0.25, -0.2) is 8.78 Å². The zero-order valence-electron chi connectivity index (χ0n) is 15.1. The number of rotatable bonds is 8. The Hall–Kier alpha value is -1.45. The van der Waals surface area contributed by atoms with Crippen molar-refractivity contribution in [3.05, 3.63) is 35.4 Å². The molecule has 3 N–H and O–H groups in total. The fourth-order valence-electron chi connectivity index (χ4n) is 2.35. The molecule has 1 aliphatic carbocycles. The lowest BCUT2D eigenvalue weighted by Gasteiger charge is -2.18. The molecule has 1 saturated carbocycles. The Morgan fingerprint density at radius 1 is 1.31 bits per heavy atom. The maximum atomic E-state index is 13.4. The smallest absolute Gasteiger partial charge is 0.220 e. The predicted molar refractivity (Wildman–Crippen MR) is 110 cm³/mol. The number of carbonyl (C=O) groups is 1. The molecule has 146 valence electrons. The van der Waals surface area contributed by atoms with Crippen molar-refractivity contribution in [3.8, 4) is 0 Å². The molecule has 1 aromatic rings. The first-order valence-corrected chi connectivity index (χ1v) is 8.78. The molecule has 1 unspecified atom stereocenters. The Bertz CT molecular complexity index is 623. The number of hydrogen-bond acceptors (Lipinski definition) is 2. The van der Waals surface area contributed by atoms with E-state index < -0.39 is 11.6 Å². The first-order chi connectivity index (χ1) is 12.0. The number of nitrogens with zero attached hydrogens (tertiary/aromatic N) is 1. The van der Waals surface area contributed by atoms with Crippen molar-refractivity contribution in [3.63, 3.8) is 0 Å². The van der Waals surface area contributed by atoms with Crippen LogP contribution in [0.1, 0.15) is 51.1 Å². The summed E-state index contributed by atoms with van der Waals surface area (Å²) in [5.41, 5.74) is 0.633. The van der Waals surface area contributed by atoms with Gasteiger partial charge in [0.15, 0.2) is 17.6 Å². The topological polar surface area (TPSA) is 65.5 Å². The van der Waals surface area contributed by atoms with Crippen molar-refractivity contribution in [2.75, 3.05) is 13.1 Å². The summed E-state index contributed by atoms with van der Waals surface area (Å²) in [5.74, 6) is -1.07. The molecule has 0 saturated heterocycles. The Morgan fingerprint density at radius 3 is 2.65 bits per heavy atom. The van der Waals surface area contributed by atoms with Crippen LogP contribution < -0.4 is 16.0 Å². The van der Waals surface area contributed by atoms with Gasteiger partial charge in [0, 0.05) is 25.6 Å². The summed E-state index contributed by atoms with van der Waals surface area (Å²) in [7, 11) is 0. The molecule has 1 fully saturated rings. The zero-order chi connectivity index (χ0) is 18.2. The van der Waals surface area contributed by atoms with Crippen molar-refractivity contribution < 1.29 is 13.6 Å². The van der Waals surface area contributed by atoms with E-state index in [1.54, 1.807) is 6.07 Å². The molecule has 0 aromatic heterocycles. The molecule has 0 heterocycles. The third-order valence-electron chi connectivity index (χ3n) is 3.92. The van der Waals surface area contributed by atoms with E-state index >= 15 is 0 Å². The number of guanidine groups is 1. The fraction of sp³-hybridized carbons (Fsp3) is 0.556. The highest BCUT2D eigenvalue weighted by Crippen LogP contribution is 2.18. The summed E-state index contributed by atoms with van der Waals surface area (Å²) in [4.78, 5) is 16.1. The summed E-state index contributed by atoms with van der Waals surface area (Å²) in [5, 5.41) is 9.22. The Morgan fingerprint density at radius 2 is 2.04 bits per heavy atom. The Labute approximate surface area is 170 Å². The predicted octanol–water partition coefficient (Wildman–Crippen LogP) is 3.26. The quantitative estimate of drug-likeness (QED) is 0.232. The van der Waals surface area contributed by atoms with Crippen molar-refractivity contribution in [2.24, 2.45) is 4.99 Å². The van der Waals surface area contributed by atoms with Crippen molar-refractivity contribution in [2.45, 2.75) is 51.6 Å². The van der Waals surface area contributed by atoms with E-state index in [-0.39, 0.29) is 35.9 Å². The molecular weight excluding hydrogens is 453 g/mol. The van der Waals surface area contributed by atoms with E-state index in [4.69, 9.17) is 0 Å². The molecule has 1 aliphatic rings. The van der Waals surface area contributed by atoms with Crippen LogP contribution in [0.4, 0.5) is 8.78 Å². The molecular formula is C18H27F2IN4O. The number of aliphatic imine (C=N–C) groups is 1. The van der Waals surface area contributed by atoms with E-state index in [1.807, 2.05) is 13.8 Å². The number of nitrogens with one attached hydrogen (secondary N) is 3. The standard InChI is InChI=1S/C18H26F2N4O.HI/c1-3-21-18(22-10-4-5-17(25)24-14-7-8-14)23-12(2)13-6-9-15(19)16(20)11-13;/h6,9,11-12,14H,3-5,7-8,10H2,1-2H3,(H,24,25)(H2,21,22,23);1H. The van der Waals surface area contributed by atoms with Crippen LogP contribution in [0.25, 0.3) is 0 Å². The summed E-state index contributed by atoms with van der Waals surface area (Å²) >= 11 is 0. The molecule has 26 heavy (non-hydrogen) atoms. The van der Waals surface area contributed by atoms with Crippen LogP contribution in [0.15, 0.2) is 23.2 Å². The zero-order valence-corrected chi connectivity index (χ0v) is 17.5. The molecule has 0 radical (unpaired) electrons. The van der Waals surface area contributed by atoms with Crippen LogP contribution in [-0.2, 0) is 4.79 Å². The fourth-order valence-corrected chi connectivity index (χ4v) is 2.35. The second-order valence-corrected chi connectivity index (χ2v) is 6.25. The van der Waals surface area contributed by atoms with E-state index in [0.29, 0.717) is 43.5 Å². The van der Waals surface area contributed by atoms with Gasteiger partial charge in [0.1, 0.15) is 0 Å². The first-order valence-electron chi connectivity index (χ1n) is 8.78. The number of halogens is 3. The van der Waals surface area contributed by atoms with Crippen LogP contribution in [-0.4, -0.2) is 31.0 Å². The normalized spacial score (nSPS) is 15.0. The maximum absolute atomic E-state index is 13.4. The van der Waals surface area contributed by atoms with E-state index in [2.05, 4.69) is 20.9 Å². The lowest BCUT2D eigenvalue weighted by atomic mass is 10.1. The highest BCUT2D eigenvalue weighted by Gasteiger charge is 2.22. The van der Waals surface area contributed by atoms with Crippen molar-refractivity contribution in [1.29, 1.82) is 0 Å². The third-order valence-corrected chi connectivity index (χ3v) is 3.92. The summed E-state index contributed by atoms with van der Waals surface area (Å²) in [6, 6.07) is 3.99. The largest absolute Gasteiger partial charge is 0.357 e. The molecule has 1 atom stereocenters. The summed E-state index contributed by atoms with van der Waals surface area (Å²) in [6.07, 6.45) is 3.29. The monoisotopic (exact) mass is 480 g/mol. The summed E-state index contributed by atoms with van der Waals surface area (Å²) in [6.45, 7) is 4.99. The molecule has 0 aliphatic heterocycles. The van der Waals surface area contributed by atoms with Crippen LogP contribution in [0.3, 0.4) is 0 Å². The van der Waals surface area contributed by atoms with Gasteiger partial charge < -0.3 is 16.0 Å². The van der Waals surface area contributed by atoms with Gasteiger partial charge in [-0.3, -0.25) is 9.79 Å². The van der Waals surface area contributed by atoms with Gasteiger partial charge in [0.2, 0.25) is 5.91 Å². The lowest BCUT2D eigenvalue weighted by molar-refractivity contribution is -0.121. The molecule has 2 rings (SSSR count). The van der Waals surface area contributed by atoms with E-state index in [9.17, 15) is 13.6 Å². The van der Waals surface area contributed by atoms with Crippen LogP contribution in [0.5, 0.6) is 0 Å². The first kappa shape index (κ1) is 22.6. The van der Waals surface area contributed by atoms with Crippen LogP contribution >= 0.6 is 24.0 Å². The van der Waals surface area contributed by atoms with Crippen molar-refractivity contribution in [1.82, 2.24) is 16.0 Å². The van der Waals surface area contributed by atoms with Gasteiger partial charge in [-0.15, -0.1) is 24.0 Å². The highest BCUT2D eigenvalue weighted by molar-refractivity contribution is 14.0. The Balaban J connectivity index is 0.00000338. The van der Waals surface area contributed by atoms with Gasteiger partial charge >= 0.3 is 0 Å². The minimum absolute atomic E-state index is 0. The minimum atomic E-state index is -0.866. The number of benzene rings is 1. The minimum Gasteiger partial charge on any atom is -0.357 e. The number of hydrogen-bond donors (Lipinski definition) is 3. The van der Waals surface area contributed by atoms with Gasteiger partial charge in [-0.2, -0.15) is 0 Å². The SMILES string of the molecule is CCNC(=NCCCC(=O)NC1CC1)NC(C)c1ccc(F)c(F)c1.I. The van der Waals surface area contributed by atoms with E-state index in [1.165, 1.54) is 6.07 Å². The Kier molecular flexibility index (Phi) is 9.82. The molecule has 5 nitrogen and oxygen atoms in total. The van der Waals surface area contributed by atoms with Gasteiger partial charge in [0.25, 0.3) is 0 Å². The highest BCUT2D eigenvalue weighted by atomic mass is 127. The number of amides is 1. The van der Waals surface area contributed by atoms with Gasteiger partial charge in [-0.05, 0) is 50.8 Å². The molecule has 0 spiro atoms. The van der Waals surface area contributed by atoms with E-state index in [0.717, 1.165) is 18.9 Å². The van der Waals surface area contributed by atoms with Gasteiger partial charge in [-0.1, -0.05) is 6.07 Å². The maximum Gasteiger partial charge on any atom is 0.220 e. The molecule has 1 amide bonds. The van der Waals surface area contributed by atoms with Crippen LogP contribution in [0, 0.1) is 11.6 Å². The lowest BCUT2D eigenvalue weighted by Crippen LogP contribution is -2.38. The molecule has 0 bridgehead atoms. The van der Waals surface area contributed by atoms with Crippen molar-refractivity contribution >= 4 is 35.8 Å². The molecule has 1 aromatic carbocycles. The number of carbonyl (C=O) groups excluding carboxylic acids is 1. The third kappa shape index (κ3) is 7.84. The average molecular weight is 480 g/mol. The summed E-state index contributed by atoms with van der Waals surface area (Å²) < 4.78 is 26.4. The second-order valence-electron chi connectivity index (χ2n) is 6.25. The molecule has 8 heteroatoms. The van der Waals surface area contributed by atoms with Gasteiger partial charge in [0.05, 0.1) is 6.04 Å². The van der Waals surface area contributed by atoms with Crippen LogP contribution in [0.2, 0.25) is 0 Å².